The summed E-state index contributed by atoms with van der Waals surface area (Å²) >= 11 is 7.18. The van der Waals surface area contributed by atoms with Gasteiger partial charge in [0.05, 0.1) is 21.3 Å². The Morgan fingerprint density at radius 2 is 2.04 bits per heavy atom. The normalized spacial score (nSPS) is 17.4. The third-order valence-electron chi connectivity index (χ3n) is 3.51. The highest BCUT2D eigenvalue weighted by Gasteiger charge is 2.22. The van der Waals surface area contributed by atoms with Gasteiger partial charge in [0.25, 0.3) is 10.0 Å². The lowest BCUT2D eigenvalue weighted by Gasteiger charge is -2.12. The van der Waals surface area contributed by atoms with Crippen molar-refractivity contribution in [2.75, 3.05) is 10.0 Å². The summed E-state index contributed by atoms with van der Waals surface area (Å²) in [5.74, 6) is -0.796. The minimum Gasteiger partial charge on any atom is -0.325 e. The number of nitrogens with one attached hydrogen (secondary N) is 2. The van der Waals surface area contributed by atoms with Gasteiger partial charge in [-0.2, -0.15) is 0 Å². The predicted molar refractivity (Wildman–Crippen MR) is 97.2 cm³/mol. The summed E-state index contributed by atoms with van der Waals surface area (Å²) < 4.78 is 40.6. The molecule has 3 rings (SSSR count). The molecule has 1 amide bonds. The van der Waals surface area contributed by atoms with E-state index in [1.165, 1.54) is 36.0 Å². The standard InChI is InChI=1S/C16H14ClFN2O3S2/c1-9-6-16(21)19-14-8-11(3-5-15(14)24-9)25(22,23)20-10-2-4-13(18)12(17)7-10/h2-5,7-9,20H,6H2,1H3,(H,19,21)/t9-/m0/s1. The van der Waals surface area contributed by atoms with Crippen LogP contribution in [0.1, 0.15) is 13.3 Å². The van der Waals surface area contributed by atoms with Crippen LogP contribution in [-0.4, -0.2) is 19.6 Å². The lowest BCUT2D eigenvalue weighted by molar-refractivity contribution is -0.116. The van der Waals surface area contributed by atoms with Gasteiger partial charge >= 0.3 is 0 Å². The number of hydrogen-bond donors (Lipinski definition) is 2. The van der Waals surface area contributed by atoms with Crippen LogP contribution in [0.3, 0.4) is 0 Å². The van der Waals surface area contributed by atoms with E-state index >= 15 is 0 Å². The Labute approximate surface area is 154 Å². The van der Waals surface area contributed by atoms with Crippen LogP contribution >= 0.6 is 23.4 Å². The zero-order valence-corrected chi connectivity index (χ0v) is 15.4. The van der Waals surface area contributed by atoms with Crippen LogP contribution in [0.2, 0.25) is 5.02 Å². The van der Waals surface area contributed by atoms with Gasteiger partial charge in [0, 0.05) is 16.6 Å². The maximum absolute atomic E-state index is 13.2. The van der Waals surface area contributed by atoms with Crippen LogP contribution in [-0.2, 0) is 14.8 Å². The van der Waals surface area contributed by atoms with Gasteiger partial charge in [0.15, 0.2) is 0 Å². The number of hydrogen-bond acceptors (Lipinski definition) is 4. The van der Waals surface area contributed by atoms with Crippen molar-refractivity contribution in [3.05, 3.63) is 47.2 Å². The summed E-state index contributed by atoms with van der Waals surface area (Å²) in [6.07, 6.45) is 0.355. The van der Waals surface area contributed by atoms with Gasteiger partial charge in [-0.25, -0.2) is 12.8 Å². The van der Waals surface area contributed by atoms with E-state index in [1.807, 2.05) is 6.92 Å². The van der Waals surface area contributed by atoms with Crippen molar-refractivity contribution in [3.8, 4) is 0 Å². The Morgan fingerprint density at radius 1 is 1.28 bits per heavy atom. The lowest BCUT2D eigenvalue weighted by Crippen LogP contribution is -2.15. The van der Waals surface area contributed by atoms with E-state index in [9.17, 15) is 17.6 Å². The molecule has 1 aliphatic rings. The Morgan fingerprint density at radius 3 is 2.76 bits per heavy atom. The number of thioether (sulfide) groups is 1. The molecule has 9 heteroatoms. The van der Waals surface area contributed by atoms with E-state index in [-0.39, 0.29) is 26.8 Å². The first-order valence-corrected chi connectivity index (χ1v) is 10.1. The number of anilines is 2. The topological polar surface area (TPSA) is 75.3 Å². The zero-order chi connectivity index (χ0) is 18.2. The average Bonchev–Trinajstić information content (AvgIpc) is 2.66. The molecule has 0 unspecified atom stereocenters. The second-order valence-electron chi connectivity index (χ2n) is 5.57. The van der Waals surface area contributed by atoms with Crippen LogP contribution in [0.25, 0.3) is 0 Å². The predicted octanol–water partition coefficient (Wildman–Crippen LogP) is 4.10. The molecule has 25 heavy (non-hydrogen) atoms. The van der Waals surface area contributed by atoms with Crippen molar-refractivity contribution >= 4 is 50.7 Å². The number of carbonyl (C=O) groups is 1. The number of fused-ring (bicyclic) bond motifs is 1. The van der Waals surface area contributed by atoms with Crippen molar-refractivity contribution in [3.63, 3.8) is 0 Å². The van der Waals surface area contributed by atoms with Gasteiger partial charge in [-0.05, 0) is 36.4 Å². The number of carbonyl (C=O) groups excluding carboxylic acids is 1. The van der Waals surface area contributed by atoms with Gasteiger partial charge < -0.3 is 5.32 Å². The van der Waals surface area contributed by atoms with Gasteiger partial charge in [-0.3, -0.25) is 9.52 Å². The molecule has 0 saturated heterocycles. The average molecular weight is 401 g/mol. The van der Waals surface area contributed by atoms with Crippen molar-refractivity contribution < 1.29 is 17.6 Å². The van der Waals surface area contributed by atoms with Crippen molar-refractivity contribution in [2.45, 2.75) is 28.4 Å². The fourth-order valence-electron chi connectivity index (χ4n) is 2.37. The highest BCUT2D eigenvalue weighted by molar-refractivity contribution is 8.00. The maximum Gasteiger partial charge on any atom is 0.261 e. The van der Waals surface area contributed by atoms with E-state index in [2.05, 4.69) is 10.0 Å². The first-order chi connectivity index (χ1) is 11.7. The molecule has 0 radical (unpaired) electrons. The monoisotopic (exact) mass is 400 g/mol. The largest absolute Gasteiger partial charge is 0.325 e. The Balaban J connectivity index is 1.92. The molecule has 5 nitrogen and oxygen atoms in total. The third-order valence-corrected chi connectivity index (χ3v) is 6.36. The van der Waals surface area contributed by atoms with Crippen LogP contribution in [0.4, 0.5) is 15.8 Å². The molecule has 0 saturated carbocycles. The summed E-state index contributed by atoms with van der Waals surface area (Å²) in [7, 11) is -3.91. The van der Waals surface area contributed by atoms with E-state index in [4.69, 9.17) is 11.6 Å². The molecular weight excluding hydrogens is 387 g/mol. The van der Waals surface area contributed by atoms with Gasteiger partial charge in [0.1, 0.15) is 5.82 Å². The number of halogens is 2. The molecule has 2 N–H and O–H groups in total. The molecule has 0 fully saturated rings. The fraction of sp³-hybridized carbons (Fsp3) is 0.188. The smallest absolute Gasteiger partial charge is 0.261 e. The highest BCUT2D eigenvalue weighted by atomic mass is 35.5. The van der Waals surface area contributed by atoms with E-state index in [0.29, 0.717) is 12.1 Å². The fourth-order valence-corrected chi connectivity index (χ4v) is 4.68. The Kier molecular flexibility index (Phi) is 4.95. The molecule has 2 aromatic carbocycles. The van der Waals surface area contributed by atoms with E-state index < -0.39 is 15.8 Å². The molecule has 0 bridgehead atoms. The molecule has 1 atom stereocenters. The van der Waals surface area contributed by atoms with Gasteiger partial charge in [0.2, 0.25) is 5.91 Å². The quantitative estimate of drug-likeness (QED) is 0.813. The summed E-state index contributed by atoms with van der Waals surface area (Å²) in [6.45, 7) is 1.93. The first kappa shape index (κ1) is 18.0. The SMILES string of the molecule is C[C@H]1CC(=O)Nc2cc(S(=O)(=O)Nc3ccc(F)c(Cl)c3)ccc2S1. The van der Waals surface area contributed by atoms with Crippen LogP contribution in [0, 0.1) is 5.82 Å². The number of benzene rings is 2. The number of rotatable bonds is 3. The highest BCUT2D eigenvalue weighted by Crippen LogP contribution is 2.36. The molecule has 1 aliphatic heterocycles. The van der Waals surface area contributed by atoms with Crippen LogP contribution in [0.5, 0.6) is 0 Å². The van der Waals surface area contributed by atoms with Crippen molar-refractivity contribution in [1.29, 1.82) is 0 Å². The third kappa shape index (κ3) is 4.08. The summed E-state index contributed by atoms with van der Waals surface area (Å²) in [6, 6.07) is 8.08. The second-order valence-corrected chi connectivity index (χ2v) is 9.14. The van der Waals surface area contributed by atoms with Crippen LogP contribution in [0.15, 0.2) is 46.2 Å². The molecule has 0 aliphatic carbocycles. The van der Waals surface area contributed by atoms with Crippen LogP contribution < -0.4 is 10.0 Å². The maximum atomic E-state index is 13.2. The minimum absolute atomic E-state index is 0.0119. The van der Waals surface area contributed by atoms with E-state index in [1.54, 1.807) is 6.07 Å². The first-order valence-electron chi connectivity index (χ1n) is 7.33. The molecule has 2 aromatic rings. The molecule has 132 valence electrons. The zero-order valence-electron chi connectivity index (χ0n) is 13.0. The summed E-state index contributed by atoms with van der Waals surface area (Å²) in [4.78, 5) is 12.6. The number of sulfonamides is 1. The second kappa shape index (κ2) is 6.86. The Bertz CT molecular complexity index is 950. The van der Waals surface area contributed by atoms with Gasteiger partial charge in [-0.15, -0.1) is 11.8 Å². The Hall–Kier alpha value is -1.77. The summed E-state index contributed by atoms with van der Waals surface area (Å²) in [5.41, 5.74) is 0.604. The lowest BCUT2D eigenvalue weighted by atomic mass is 10.3. The van der Waals surface area contributed by atoms with Gasteiger partial charge in [-0.1, -0.05) is 18.5 Å². The van der Waals surface area contributed by atoms with E-state index in [0.717, 1.165) is 11.0 Å². The molecular formula is C16H14ClFN2O3S2. The summed E-state index contributed by atoms with van der Waals surface area (Å²) in [5, 5.41) is 2.64. The molecule has 1 heterocycles. The van der Waals surface area contributed by atoms with Crippen molar-refractivity contribution in [1.82, 2.24) is 0 Å². The number of amides is 1. The minimum atomic E-state index is -3.91. The van der Waals surface area contributed by atoms with Crippen molar-refractivity contribution in [2.24, 2.45) is 0 Å². The molecule has 0 spiro atoms. The molecule has 0 aromatic heterocycles.